The molecule has 0 aliphatic carbocycles. The lowest BCUT2D eigenvalue weighted by atomic mass is 10.0. The molecule has 0 spiro atoms. The van der Waals surface area contributed by atoms with Gasteiger partial charge in [0.1, 0.15) is 0 Å². The lowest BCUT2D eigenvalue weighted by Crippen LogP contribution is -2.31. The van der Waals surface area contributed by atoms with E-state index in [0.29, 0.717) is 6.04 Å². The van der Waals surface area contributed by atoms with Crippen molar-refractivity contribution in [3.05, 3.63) is 41.7 Å². The molecule has 0 unspecified atom stereocenters. The Morgan fingerprint density at radius 3 is 2.91 bits per heavy atom. The van der Waals surface area contributed by atoms with E-state index in [2.05, 4.69) is 27.3 Å². The third-order valence-corrected chi connectivity index (χ3v) is 4.56. The molecule has 0 amide bonds. The van der Waals surface area contributed by atoms with Gasteiger partial charge in [-0.25, -0.2) is 4.68 Å². The second kappa shape index (κ2) is 7.66. The number of hydrogen-bond acceptors (Lipinski definition) is 5. The number of benzene rings is 1. The van der Waals surface area contributed by atoms with E-state index in [1.807, 2.05) is 35.0 Å². The molecule has 6 nitrogen and oxygen atoms in total. The van der Waals surface area contributed by atoms with Crippen molar-refractivity contribution in [3.8, 4) is 0 Å². The minimum absolute atomic E-state index is 0.386. The zero-order valence-electron chi connectivity index (χ0n) is 13.7. The second-order valence-corrected chi connectivity index (χ2v) is 6.25. The summed E-state index contributed by atoms with van der Waals surface area (Å²) in [6, 6.07) is 10.3. The Kier molecular flexibility index (Phi) is 5.35. The maximum atomic E-state index is 10.5. The quantitative estimate of drug-likeness (QED) is 0.848. The first kappa shape index (κ1) is 16.1. The minimum Gasteiger partial charge on any atom is -0.388 e. The van der Waals surface area contributed by atoms with E-state index >= 15 is 0 Å². The highest BCUT2D eigenvalue weighted by Crippen LogP contribution is 2.28. The fourth-order valence-electron chi connectivity index (χ4n) is 3.34. The van der Waals surface area contributed by atoms with E-state index in [1.165, 1.54) is 6.42 Å². The topological polar surface area (TPSA) is 67.1 Å². The van der Waals surface area contributed by atoms with Crippen LogP contribution in [-0.4, -0.2) is 42.8 Å². The molecule has 0 saturated carbocycles. The van der Waals surface area contributed by atoms with Gasteiger partial charge in [0.2, 0.25) is 0 Å². The Labute approximate surface area is 137 Å². The second-order valence-electron chi connectivity index (χ2n) is 6.25. The average Bonchev–Trinajstić information content (AvgIpc) is 3.19. The molecule has 2 aromatic rings. The number of aryl methyl sites for hydroxylation is 1. The van der Waals surface area contributed by atoms with Gasteiger partial charge in [0, 0.05) is 12.6 Å². The number of hydrogen-bond donors (Lipinski definition) is 1. The van der Waals surface area contributed by atoms with E-state index < -0.39 is 6.10 Å². The van der Waals surface area contributed by atoms with Crippen molar-refractivity contribution in [2.75, 3.05) is 6.54 Å². The highest BCUT2D eigenvalue weighted by atomic mass is 16.3. The van der Waals surface area contributed by atoms with Crippen molar-refractivity contribution in [1.82, 2.24) is 25.1 Å². The number of tetrazole rings is 1. The van der Waals surface area contributed by atoms with Gasteiger partial charge in [-0.15, -0.1) is 5.10 Å². The molecular weight excluding hydrogens is 290 g/mol. The van der Waals surface area contributed by atoms with Crippen LogP contribution in [0.15, 0.2) is 30.3 Å². The van der Waals surface area contributed by atoms with Gasteiger partial charge < -0.3 is 5.11 Å². The van der Waals surface area contributed by atoms with Crippen molar-refractivity contribution in [2.45, 2.75) is 57.8 Å². The molecule has 23 heavy (non-hydrogen) atoms. The minimum atomic E-state index is -0.409. The Hall–Kier alpha value is -1.79. The summed E-state index contributed by atoms with van der Waals surface area (Å²) in [5.41, 5.74) is 0.996. The predicted octanol–water partition coefficient (Wildman–Crippen LogP) is 2.17. The van der Waals surface area contributed by atoms with Crippen molar-refractivity contribution in [1.29, 1.82) is 0 Å². The molecule has 124 valence electrons. The van der Waals surface area contributed by atoms with E-state index in [0.717, 1.165) is 50.3 Å². The first-order chi connectivity index (χ1) is 11.3. The van der Waals surface area contributed by atoms with Gasteiger partial charge in [0.25, 0.3) is 0 Å². The fraction of sp³-hybridized carbons (Fsp3) is 0.588. The molecular formula is C17H25N5O. The summed E-state index contributed by atoms with van der Waals surface area (Å²) >= 11 is 0. The van der Waals surface area contributed by atoms with Gasteiger partial charge in [-0.1, -0.05) is 37.3 Å². The molecule has 1 N–H and O–H groups in total. The Balaban J connectivity index is 1.62. The van der Waals surface area contributed by atoms with Crippen LogP contribution < -0.4 is 0 Å². The standard InChI is InChI=1S/C17H25N5O/c1-2-10-22-17(18-19-20-22)13-21-11-6-9-15(21)12-16(23)14-7-4-3-5-8-14/h3-5,7-8,15-16,23H,2,6,9-13H2,1H3/t15-,16+/m0/s1. The third kappa shape index (κ3) is 3.95. The maximum absolute atomic E-state index is 10.5. The molecule has 0 bridgehead atoms. The third-order valence-electron chi connectivity index (χ3n) is 4.56. The zero-order valence-corrected chi connectivity index (χ0v) is 13.7. The summed E-state index contributed by atoms with van der Waals surface area (Å²) in [5, 5.41) is 22.5. The molecule has 0 radical (unpaired) electrons. The van der Waals surface area contributed by atoms with Crippen molar-refractivity contribution < 1.29 is 5.11 Å². The molecule has 1 aromatic heterocycles. The summed E-state index contributed by atoms with van der Waals surface area (Å²) in [7, 11) is 0. The summed E-state index contributed by atoms with van der Waals surface area (Å²) in [5.74, 6) is 0.924. The van der Waals surface area contributed by atoms with E-state index in [9.17, 15) is 5.11 Å². The van der Waals surface area contributed by atoms with Gasteiger partial charge >= 0.3 is 0 Å². The zero-order chi connectivity index (χ0) is 16.1. The maximum Gasteiger partial charge on any atom is 0.165 e. The summed E-state index contributed by atoms with van der Waals surface area (Å²) in [6.07, 6.45) is 3.67. The SMILES string of the molecule is CCCn1nnnc1CN1CCC[C@H]1C[C@@H](O)c1ccccc1. The Morgan fingerprint density at radius 2 is 2.13 bits per heavy atom. The number of rotatable bonds is 7. The summed E-state index contributed by atoms with van der Waals surface area (Å²) in [6.45, 7) is 4.79. The largest absolute Gasteiger partial charge is 0.388 e. The van der Waals surface area contributed by atoms with Crippen LogP contribution in [0.3, 0.4) is 0 Å². The molecule has 6 heteroatoms. The molecule has 1 aromatic carbocycles. The molecule has 3 rings (SSSR count). The lowest BCUT2D eigenvalue weighted by molar-refractivity contribution is 0.116. The van der Waals surface area contributed by atoms with Gasteiger partial charge in [-0.05, 0) is 48.2 Å². The van der Waals surface area contributed by atoms with E-state index in [4.69, 9.17) is 0 Å². The van der Waals surface area contributed by atoms with Crippen molar-refractivity contribution in [3.63, 3.8) is 0 Å². The van der Waals surface area contributed by atoms with Crippen LogP contribution >= 0.6 is 0 Å². The fourth-order valence-corrected chi connectivity index (χ4v) is 3.34. The van der Waals surface area contributed by atoms with Crippen LogP contribution in [0.4, 0.5) is 0 Å². The average molecular weight is 315 g/mol. The first-order valence-electron chi connectivity index (χ1n) is 8.50. The molecule has 1 saturated heterocycles. The van der Waals surface area contributed by atoms with Crippen LogP contribution in [0.5, 0.6) is 0 Å². The number of aliphatic hydroxyl groups is 1. The number of aliphatic hydroxyl groups excluding tert-OH is 1. The Bertz CT molecular complexity index is 600. The lowest BCUT2D eigenvalue weighted by Gasteiger charge is -2.26. The first-order valence-corrected chi connectivity index (χ1v) is 8.50. The summed E-state index contributed by atoms with van der Waals surface area (Å²) in [4.78, 5) is 2.41. The van der Waals surface area contributed by atoms with Gasteiger partial charge in [-0.2, -0.15) is 0 Å². The van der Waals surface area contributed by atoms with Crippen LogP contribution in [0.1, 0.15) is 50.1 Å². The monoisotopic (exact) mass is 315 g/mol. The van der Waals surface area contributed by atoms with Crippen LogP contribution in [0.2, 0.25) is 0 Å². The summed E-state index contributed by atoms with van der Waals surface area (Å²) < 4.78 is 1.89. The van der Waals surface area contributed by atoms with Crippen LogP contribution in [-0.2, 0) is 13.1 Å². The number of aromatic nitrogens is 4. The molecule has 2 heterocycles. The van der Waals surface area contributed by atoms with Crippen molar-refractivity contribution >= 4 is 0 Å². The van der Waals surface area contributed by atoms with E-state index in [1.54, 1.807) is 0 Å². The molecule has 1 aliphatic heterocycles. The van der Waals surface area contributed by atoms with Crippen LogP contribution in [0.25, 0.3) is 0 Å². The Morgan fingerprint density at radius 1 is 1.30 bits per heavy atom. The van der Waals surface area contributed by atoms with Crippen LogP contribution in [0, 0.1) is 0 Å². The predicted molar refractivity (Wildman–Crippen MR) is 87.6 cm³/mol. The molecule has 1 aliphatic rings. The van der Waals surface area contributed by atoms with Gasteiger partial charge in [0.15, 0.2) is 5.82 Å². The smallest absolute Gasteiger partial charge is 0.165 e. The van der Waals surface area contributed by atoms with Gasteiger partial charge in [-0.3, -0.25) is 4.90 Å². The molecule has 1 fully saturated rings. The number of likely N-dealkylation sites (tertiary alicyclic amines) is 1. The van der Waals surface area contributed by atoms with Gasteiger partial charge in [0.05, 0.1) is 12.6 Å². The number of nitrogens with zero attached hydrogens (tertiary/aromatic N) is 5. The highest BCUT2D eigenvalue weighted by molar-refractivity contribution is 5.17. The van der Waals surface area contributed by atoms with E-state index in [-0.39, 0.29) is 0 Å². The normalized spacial score (nSPS) is 20.0. The highest BCUT2D eigenvalue weighted by Gasteiger charge is 2.28. The van der Waals surface area contributed by atoms with Crippen molar-refractivity contribution in [2.24, 2.45) is 0 Å². The molecule has 2 atom stereocenters.